The molecule has 0 aromatic heterocycles. The fourth-order valence-corrected chi connectivity index (χ4v) is 2.65. The van der Waals surface area contributed by atoms with Crippen LogP contribution in [0.25, 0.3) is 0 Å². The van der Waals surface area contributed by atoms with Crippen LogP contribution in [0.5, 0.6) is 0 Å². The number of carbonyl (C=O) groups is 2. The van der Waals surface area contributed by atoms with Crippen LogP contribution in [0.1, 0.15) is 32.8 Å². The van der Waals surface area contributed by atoms with Crippen molar-refractivity contribution in [3.8, 4) is 0 Å². The lowest BCUT2D eigenvalue weighted by molar-refractivity contribution is -0.134. The van der Waals surface area contributed by atoms with E-state index in [0.717, 1.165) is 6.42 Å². The van der Waals surface area contributed by atoms with Gasteiger partial charge in [-0.15, -0.1) is 0 Å². The Kier molecular flexibility index (Phi) is 4.30. The number of carbonyl (C=O) groups excluding carboxylic acids is 2. The van der Waals surface area contributed by atoms with Crippen molar-refractivity contribution in [1.82, 2.24) is 5.32 Å². The third kappa shape index (κ3) is 2.64. The van der Waals surface area contributed by atoms with Gasteiger partial charge in [0.1, 0.15) is 17.9 Å². The molecule has 21 heavy (non-hydrogen) atoms. The van der Waals surface area contributed by atoms with Crippen LogP contribution in [-0.4, -0.2) is 23.9 Å². The van der Waals surface area contributed by atoms with Gasteiger partial charge in [-0.25, -0.2) is 4.39 Å². The van der Waals surface area contributed by atoms with Crippen LogP contribution in [0.4, 0.5) is 10.1 Å². The number of piperazine rings is 1. The van der Waals surface area contributed by atoms with Crippen molar-refractivity contribution in [3.05, 3.63) is 29.6 Å². The second kappa shape index (κ2) is 5.84. The number of amides is 2. The number of benzene rings is 1. The van der Waals surface area contributed by atoms with Crippen molar-refractivity contribution in [2.75, 3.05) is 4.90 Å². The number of nitrogens with zero attached hydrogens (tertiary/aromatic N) is 1. The van der Waals surface area contributed by atoms with E-state index in [4.69, 9.17) is 0 Å². The largest absolute Gasteiger partial charge is 0.342 e. The standard InChI is InChI=1S/C16H21FN2O2/c1-5-9(2)13-16(21)19(11(4)15(20)18-13)14-10(3)7-6-8-12(14)17/h6-9,11,13H,5H2,1-4H3,(H,18,20). The lowest BCUT2D eigenvalue weighted by atomic mass is 9.93. The first-order valence-corrected chi connectivity index (χ1v) is 7.27. The highest BCUT2D eigenvalue weighted by Crippen LogP contribution is 2.29. The van der Waals surface area contributed by atoms with E-state index in [1.54, 1.807) is 26.0 Å². The van der Waals surface area contributed by atoms with Crippen LogP contribution in [0.15, 0.2) is 18.2 Å². The molecule has 3 atom stereocenters. The molecule has 1 saturated heterocycles. The Balaban J connectivity index is 2.49. The molecule has 0 saturated carbocycles. The summed E-state index contributed by atoms with van der Waals surface area (Å²) in [7, 11) is 0. The minimum Gasteiger partial charge on any atom is -0.342 e. The zero-order chi connectivity index (χ0) is 15.7. The molecule has 1 aliphatic rings. The SMILES string of the molecule is CCC(C)C1NC(=O)C(C)N(c2c(C)cccc2F)C1=O. The van der Waals surface area contributed by atoms with Crippen LogP contribution >= 0.6 is 0 Å². The van der Waals surface area contributed by atoms with Gasteiger partial charge in [0, 0.05) is 0 Å². The Morgan fingerprint density at radius 3 is 2.62 bits per heavy atom. The molecule has 0 aliphatic carbocycles. The smallest absolute Gasteiger partial charge is 0.250 e. The fourth-order valence-electron chi connectivity index (χ4n) is 2.65. The summed E-state index contributed by atoms with van der Waals surface area (Å²) in [6.45, 7) is 7.22. The molecule has 1 aromatic carbocycles. The van der Waals surface area contributed by atoms with E-state index in [1.807, 2.05) is 13.8 Å². The summed E-state index contributed by atoms with van der Waals surface area (Å²) in [6.07, 6.45) is 0.759. The molecule has 0 spiro atoms. The third-order valence-corrected chi connectivity index (χ3v) is 4.21. The Morgan fingerprint density at radius 1 is 1.38 bits per heavy atom. The van der Waals surface area contributed by atoms with E-state index in [0.29, 0.717) is 5.56 Å². The topological polar surface area (TPSA) is 49.4 Å². The monoisotopic (exact) mass is 292 g/mol. The first-order chi connectivity index (χ1) is 9.88. The molecule has 4 nitrogen and oxygen atoms in total. The van der Waals surface area contributed by atoms with Crippen molar-refractivity contribution in [3.63, 3.8) is 0 Å². The Morgan fingerprint density at radius 2 is 2.05 bits per heavy atom. The van der Waals surface area contributed by atoms with Crippen LogP contribution < -0.4 is 10.2 Å². The van der Waals surface area contributed by atoms with Gasteiger partial charge in [0.2, 0.25) is 5.91 Å². The van der Waals surface area contributed by atoms with Crippen molar-refractivity contribution in [2.45, 2.75) is 46.2 Å². The molecule has 1 N–H and O–H groups in total. The summed E-state index contributed by atoms with van der Waals surface area (Å²) >= 11 is 0. The first kappa shape index (κ1) is 15.5. The van der Waals surface area contributed by atoms with Gasteiger partial charge in [-0.3, -0.25) is 14.5 Å². The average molecular weight is 292 g/mol. The number of nitrogens with one attached hydrogen (secondary N) is 1. The van der Waals surface area contributed by atoms with Crippen molar-refractivity contribution in [1.29, 1.82) is 0 Å². The molecular weight excluding hydrogens is 271 g/mol. The first-order valence-electron chi connectivity index (χ1n) is 7.27. The highest BCUT2D eigenvalue weighted by molar-refractivity contribution is 6.08. The number of halogens is 1. The summed E-state index contributed by atoms with van der Waals surface area (Å²) in [5.41, 5.74) is 0.853. The van der Waals surface area contributed by atoms with Gasteiger partial charge < -0.3 is 5.32 Å². The van der Waals surface area contributed by atoms with Gasteiger partial charge in [0.15, 0.2) is 0 Å². The predicted molar refractivity (Wildman–Crippen MR) is 79.5 cm³/mol. The fraction of sp³-hybridized carbons (Fsp3) is 0.500. The summed E-state index contributed by atoms with van der Waals surface area (Å²) < 4.78 is 14.2. The third-order valence-electron chi connectivity index (χ3n) is 4.21. The second-order valence-electron chi connectivity index (χ2n) is 5.66. The van der Waals surface area contributed by atoms with E-state index in [9.17, 15) is 14.0 Å². The zero-order valence-electron chi connectivity index (χ0n) is 12.8. The summed E-state index contributed by atoms with van der Waals surface area (Å²) in [4.78, 5) is 26.2. The number of aryl methyl sites for hydroxylation is 1. The van der Waals surface area contributed by atoms with E-state index in [1.165, 1.54) is 11.0 Å². The van der Waals surface area contributed by atoms with E-state index < -0.39 is 17.9 Å². The van der Waals surface area contributed by atoms with Gasteiger partial charge >= 0.3 is 0 Å². The highest BCUT2D eigenvalue weighted by atomic mass is 19.1. The van der Waals surface area contributed by atoms with Crippen molar-refractivity contribution < 1.29 is 14.0 Å². The summed E-state index contributed by atoms with van der Waals surface area (Å²) in [6, 6.07) is 3.33. The Bertz CT molecular complexity index is 553. The van der Waals surface area contributed by atoms with Gasteiger partial charge in [-0.1, -0.05) is 32.4 Å². The lowest BCUT2D eigenvalue weighted by Gasteiger charge is -2.40. The minimum atomic E-state index is -0.714. The van der Waals surface area contributed by atoms with Crippen molar-refractivity contribution in [2.24, 2.45) is 5.92 Å². The molecule has 2 amide bonds. The Hall–Kier alpha value is -1.91. The molecule has 5 heteroatoms. The van der Waals surface area contributed by atoms with E-state index in [-0.39, 0.29) is 23.4 Å². The maximum atomic E-state index is 14.2. The molecule has 1 aromatic rings. The van der Waals surface area contributed by atoms with Crippen molar-refractivity contribution >= 4 is 17.5 Å². The van der Waals surface area contributed by atoms with Gasteiger partial charge in [0.05, 0.1) is 5.69 Å². The molecule has 114 valence electrons. The van der Waals surface area contributed by atoms with Crippen LogP contribution in [0.3, 0.4) is 0 Å². The predicted octanol–water partition coefficient (Wildman–Crippen LogP) is 2.40. The quantitative estimate of drug-likeness (QED) is 0.930. The second-order valence-corrected chi connectivity index (χ2v) is 5.66. The average Bonchev–Trinajstić information content (AvgIpc) is 2.45. The number of rotatable bonds is 3. The molecule has 0 radical (unpaired) electrons. The van der Waals surface area contributed by atoms with E-state index in [2.05, 4.69) is 5.32 Å². The molecule has 0 bridgehead atoms. The van der Waals surface area contributed by atoms with Gasteiger partial charge in [0.25, 0.3) is 5.91 Å². The number of hydrogen-bond acceptors (Lipinski definition) is 2. The Labute approximate surface area is 124 Å². The lowest BCUT2D eigenvalue weighted by Crippen LogP contribution is -2.64. The zero-order valence-corrected chi connectivity index (χ0v) is 12.8. The molecular formula is C16H21FN2O2. The van der Waals surface area contributed by atoms with Gasteiger partial charge in [-0.2, -0.15) is 0 Å². The normalized spacial score (nSPS) is 24.0. The van der Waals surface area contributed by atoms with Crippen LogP contribution in [-0.2, 0) is 9.59 Å². The molecule has 2 rings (SSSR count). The van der Waals surface area contributed by atoms with Crippen LogP contribution in [0, 0.1) is 18.7 Å². The molecule has 1 heterocycles. The molecule has 1 fully saturated rings. The van der Waals surface area contributed by atoms with Gasteiger partial charge in [-0.05, 0) is 31.4 Å². The van der Waals surface area contributed by atoms with E-state index >= 15 is 0 Å². The highest BCUT2D eigenvalue weighted by Gasteiger charge is 2.42. The summed E-state index contributed by atoms with van der Waals surface area (Å²) in [5.74, 6) is -0.969. The maximum Gasteiger partial charge on any atom is 0.250 e. The summed E-state index contributed by atoms with van der Waals surface area (Å²) in [5, 5.41) is 2.75. The molecule has 3 unspecified atom stereocenters. The number of para-hydroxylation sites is 1. The maximum absolute atomic E-state index is 14.2. The molecule has 1 aliphatic heterocycles. The number of hydrogen-bond donors (Lipinski definition) is 1. The number of anilines is 1. The van der Waals surface area contributed by atoms with Crippen LogP contribution in [0.2, 0.25) is 0 Å². The minimum absolute atomic E-state index is 0.00327.